The van der Waals surface area contributed by atoms with Crippen LogP contribution in [0.5, 0.6) is 0 Å². The van der Waals surface area contributed by atoms with Crippen molar-refractivity contribution in [3.8, 4) is 28.2 Å². The Morgan fingerprint density at radius 2 is 1.39 bits per heavy atom. The summed E-state index contributed by atoms with van der Waals surface area (Å²) in [6.45, 7) is 6.29. The van der Waals surface area contributed by atoms with E-state index in [1.165, 1.54) is 11.1 Å². The molecule has 1 heterocycles. The molecule has 140 valence electrons. The Morgan fingerprint density at radius 3 is 2.07 bits per heavy atom. The van der Waals surface area contributed by atoms with Gasteiger partial charge in [-0.3, -0.25) is 0 Å². The first kappa shape index (κ1) is 18.8. The van der Waals surface area contributed by atoms with Crippen LogP contribution in [0.1, 0.15) is 16.7 Å². The van der Waals surface area contributed by atoms with Gasteiger partial charge in [0.25, 0.3) is 0 Å². The zero-order chi connectivity index (χ0) is 19.8. The van der Waals surface area contributed by atoms with Gasteiger partial charge in [0.2, 0.25) is 0 Å². The van der Waals surface area contributed by atoms with Crippen LogP contribution in [0.2, 0.25) is 10.0 Å². The van der Waals surface area contributed by atoms with E-state index in [4.69, 9.17) is 28.3 Å². The average molecular weight is 407 g/mol. The lowest BCUT2D eigenvalue weighted by molar-refractivity contribution is 0.891. The van der Waals surface area contributed by atoms with Crippen LogP contribution in [0.25, 0.3) is 28.2 Å². The van der Waals surface area contributed by atoms with Crippen LogP contribution in [-0.2, 0) is 0 Å². The second-order valence-corrected chi connectivity index (χ2v) is 7.91. The van der Waals surface area contributed by atoms with Gasteiger partial charge >= 0.3 is 0 Å². The van der Waals surface area contributed by atoms with Crippen LogP contribution in [-0.4, -0.2) is 9.78 Å². The molecule has 28 heavy (non-hydrogen) atoms. The summed E-state index contributed by atoms with van der Waals surface area (Å²) in [6.07, 6.45) is 0. The van der Waals surface area contributed by atoms with Gasteiger partial charge in [0.05, 0.1) is 22.1 Å². The molecule has 0 spiro atoms. The summed E-state index contributed by atoms with van der Waals surface area (Å²) >= 11 is 12.8. The first-order valence-corrected chi connectivity index (χ1v) is 9.89. The Balaban J connectivity index is 2.04. The first-order chi connectivity index (χ1) is 13.4. The van der Waals surface area contributed by atoms with Crippen molar-refractivity contribution < 1.29 is 0 Å². The van der Waals surface area contributed by atoms with Crippen LogP contribution < -0.4 is 0 Å². The zero-order valence-electron chi connectivity index (χ0n) is 16.0. The van der Waals surface area contributed by atoms with Crippen molar-refractivity contribution in [3.05, 3.63) is 93.5 Å². The third-order valence-corrected chi connectivity index (χ3v) is 5.40. The number of benzene rings is 3. The molecule has 0 radical (unpaired) electrons. The van der Waals surface area contributed by atoms with E-state index in [0.717, 1.165) is 33.8 Å². The first-order valence-electron chi connectivity index (χ1n) is 9.13. The van der Waals surface area contributed by atoms with Crippen molar-refractivity contribution in [2.24, 2.45) is 0 Å². The predicted molar refractivity (Wildman–Crippen MR) is 119 cm³/mol. The van der Waals surface area contributed by atoms with Gasteiger partial charge in [-0.1, -0.05) is 70.7 Å². The minimum absolute atomic E-state index is 0.608. The van der Waals surface area contributed by atoms with Crippen molar-refractivity contribution in [2.75, 3.05) is 0 Å². The molecular weight excluding hydrogens is 387 g/mol. The van der Waals surface area contributed by atoms with Gasteiger partial charge in [-0.25, -0.2) is 4.68 Å². The monoisotopic (exact) mass is 406 g/mol. The summed E-state index contributed by atoms with van der Waals surface area (Å²) in [4.78, 5) is 0. The zero-order valence-corrected chi connectivity index (χ0v) is 17.5. The molecule has 3 aromatic carbocycles. The van der Waals surface area contributed by atoms with Crippen LogP contribution in [0.15, 0.2) is 66.7 Å². The Bertz CT molecular complexity index is 1180. The Labute approximate surface area is 175 Å². The van der Waals surface area contributed by atoms with Crippen LogP contribution >= 0.6 is 23.2 Å². The minimum Gasteiger partial charge on any atom is -0.231 e. The molecule has 0 amide bonds. The standard InChI is InChI=1S/C24H20Cl2N2/c1-15-6-4-8-18(12-15)23-17(3)24(19-9-5-7-16(2)13-19)28(27-23)22-14-20(25)10-11-21(22)26/h4-14H,1-3H3. The molecular formula is C24H20Cl2N2. The lowest BCUT2D eigenvalue weighted by Crippen LogP contribution is -2.01. The van der Waals surface area contributed by atoms with E-state index in [1.54, 1.807) is 6.07 Å². The van der Waals surface area contributed by atoms with Gasteiger partial charge < -0.3 is 0 Å². The summed E-state index contributed by atoms with van der Waals surface area (Å²) in [7, 11) is 0. The maximum atomic E-state index is 6.53. The number of aryl methyl sites for hydroxylation is 2. The summed E-state index contributed by atoms with van der Waals surface area (Å²) in [5.41, 5.74) is 8.41. The highest BCUT2D eigenvalue weighted by Gasteiger charge is 2.20. The molecule has 0 unspecified atom stereocenters. The topological polar surface area (TPSA) is 17.8 Å². The van der Waals surface area contributed by atoms with Gasteiger partial charge in [-0.15, -0.1) is 0 Å². The minimum atomic E-state index is 0.608. The van der Waals surface area contributed by atoms with Crippen molar-refractivity contribution in [1.29, 1.82) is 0 Å². The fourth-order valence-electron chi connectivity index (χ4n) is 3.52. The van der Waals surface area contributed by atoms with E-state index in [-0.39, 0.29) is 0 Å². The number of rotatable bonds is 3. The summed E-state index contributed by atoms with van der Waals surface area (Å²) in [5, 5.41) is 6.21. The van der Waals surface area contributed by atoms with E-state index >= 15 is 0 Å². The second-order valence-electron chi connectivity index (χ2n) is 7.07. The average Bonchev–Trinajstić information content (AvgIpc) is 3.01. The molecule has 0 fully saturated rings. The van der Waals surface area contributed by atoms with Crippen molar-refractivity contribution >= 4 is 23.2 Å². The van der Waals surface area contributed by atoms with Gasteiger partial charge in [-0.2, -0.15) is 5.10 Å². The van der Waals surface area contributed by atoms with E-state index in [0.29, 0.717) is 10.0 Å². The lowest BCUT2D eigenvalue weighted by Gasteiger charge is -2.11. The summed E-state index contributed by atoms with van der Waals surface area (Å²) < 4.78 is 1.91. The van der Waals surface area contributed by atoms with Crippen molar-refractivity contribution in [3.63, 3.8) is 0 Å². The number of hydrogen-bond donors (Lipinski definition) is 0. The van der Waals surface area contributed by atoms with Crippen LogP contribution in [0.3, 0.4) is 0 Å². The normalized spacial score (nSPS) is 11.0. The molecule has 2 nitrogen and oxygen atoms in total. The predicted octanol–water partition coefficient (Wildman–Crippen LogP) is 7.44. The fourth-order valence-corrected chi connectivity index (χ4v) is 3.88. The maximum Gasteiger partial charge on any atom is 0.0963 e. The fraction of sp³-hybridized carbons (Fsp3) is 0.125. The number of nitrogens with zero attached hydrogens (tertiary/aromatic N) is 2. The third-order valence-electron chi connectivity index (χ3n) is 4.84. The van der Waals surface area contributed by atoms with Gasteiger partial charge in [0, 0.05) is 21.7 Å². The highest BCUT2D eigenvalue weighted by Crippen LogP contribution is 2.36. The van der Waals surface area contributed by atoms with Crippen molar-refractivity contribution in [1.82, 2.24) is 9.78 Å². The largest absolute Gasteiger partial charge is 0.231 e. The Kier molecular flexibility index (Phi) is 5.01. The molecule has 0 aliphatic carbocycles. The van der Waals surface area contributed by atoms with E-state index in [2.05, 4.69) is 69.3 Å². The molecule has 0 aliphatic rings. The van der Waals surface area contributed by atoms with E-state index < -0.39 is 0 Å². The quantitative estimate of drug-likeness (QED) is 0.345. The molecule has 0 saturated carbocycles. The SMILES string of the molecule is Cc1cccc(-c2nn(-c3cc(Cl)ccc3Cl)c(-c3cccc(C)c3)c2C)c1. The van der Waals surface area contributed by atoms with Crippen molar-refractivity contribution in [2.45, 2.75) is 20.8 Å². The summed E-state index contributed by atoms with van der Waals surface area (Å²) in [5.74, 6) is 0. The van der Waals surface area contributed by atoms with Gasteiger partial charge in [0.15, 0.2) is 0 Å². The molecule has 0 aliphatic heterocycles. The Hall–Kier alpha value is -2.55. The highest BCUT2D eigenvalue weighted by atomic mass is 35.5. The van der Waals surface area contributed by atoms with E-state index in [1.807, 2.05) is 16.8 Å². The molecule has 0 bridgehead atoms. The molecule has 1 aromatic heterocycles. The number of halogens is 2. The van der Waals surface area contributed by atoms with Crippen LogP contribution in [0, 0.1) is 20.8 Å². The molecule has 4 heteroatoms. The van der Waals surface area contributed by atoms with E-state index in [9.17, 15) is 0 Å². The Morgan fingerprint density at radius 1 is 0.750 bits per heavy atom. The smallest absolute Gasteiger partial charge is 0.0963 e. The summed E-state index contributed by atoms with van der Waals surface area (Å²) in [6, 6.07) is 22.3. The lowest BCUT2D eigenvalue weighted by atomic mass is 10.0. The molecule has 0 saturated heterocycles. The third kappa shape index (κ3) is 3.46. The van der Waals surface area contributed by atoms with Crippen LogP contribution in [0.4, 0.5) is 0 Å². The second kappa shape index (κ2) is 7.46. The number of hydrogen-bond acceptors (Lipinski definition) is 1. The molecule has 4 rings (SSSR count). The van der Waals surface area contributed by atoms with Gasteiger partial charge in [0.1, 0.15) is 0 Å². The molecule has 0 atom stereocenters. The molecule has 4 aromatic rings. The molecule has 0 N–H and O–H groups in total. The highest BCUT2D eigenvalue weighted by molar-refractivity contribution is 6.34. The number of aromatic nitrogens is 2. The van der Waals surface area contributed by atoms with Gasteiger partial charge in [-0.05, 0) is 51.1 Å². The maximum absolute atomic E-state index is 6.53.